The number of carbonyl (C=O) groups excluding carboxylic acids is 3. The predicted octanol–water partition coefficient (Wildman–Crippen LogP) is 3.85. The highest BCUT2D eigenvalue weighted by Crippen LogP contribution is 2.18. The first-order chi connectivity index (χ1) is 13.0. The summed E-state index contributed by atoms with van der Waals surface area (Å²) in [5.74, 6) is -0.861. The van der Waals surface area contributed by atoms with Gasteiger partial charge in [-0.3, -0.25) is 19.8 Å². The van der Waals surface area contributed by atoms with Gasteiger partial charge in [0.25, 0.3) is 11.8 Å². The number of nitrogens with one attached hydrogen (secondary N) is 2. The molecule has 2 aromatic rings. The first-order valence-corrected chi connectivity index (χ1v) is 9.09. The maximum Gasteiger partial charge on any atom is 0.272 e. The summed E-state index contributed by atoms with van der Waals surface area (Å²) in [5.41, 5.74) is 5.58. The van der Waals surface area contributed by atoms with Gasteiger partial charge in [-0.25, -0.2) is 5.01 Å². The Kier molecular flexibility index (Phi) is 6.23. The third kappa shape index (κ3) is 5.42. The van der Waals surface area contributed by atoms with Crippen molar-refractivity contribution in [1.82, 2.24) is 10.4 Å². The zero-order valence-electron chi connectivity index (χ0n) is 17.2. The summed E-state index contributed by atoms with van der Waals surface area (Å²) in [6, 6.07) is 12.1. The van der Waals surface area contributed by atoms with Gasteiger partial charge in [0.15, 0.2) is 0 Å². The molecule has 148 valence electrons. The third-order valence-electron chi connectivity index (χ3n) is 4.02. The van der Waals surface area contributed by atoms with Crippen molar-refractivity contribution in [2.75, 3.05) is 5.32 Å². The lowest BCUT2D eigenvalue weighted by molar-refractivity contribution is -0.114. The molecule has 2 rings (SSSR count). The molecule has 6 heteroatoms. The molecule has 28 heavy (non-hydrogen) atoms. The molecule has 0 bridgehead atoms. The van der Waals surface area contributed by atoms with Crippen molar-refractivity contribution in [2.24, 2.45) is 0 Å². The van der Waals surface area contributed by atoms with Crippen LogP contribution in [0.5, 0.6) is 0 Å². The van der Waals surface area contributed by atoms with Gasteiger partial charge in [-0.1, -0.05) is 17.2 Å². The zero-order valence-corrected chi connectivity index (χ0v) is 17.2. The number of hydrogen-bond donors (Lipinski definition) is 2. The van der Waals surface area contributed by atoms with Crippen LogP contribution in [-0.4, -0.2) is 28.3 Å². The van der Waals surface area contributed by atoms with Crippen LogP contribution in [0.3, 0.4) is 0 Å². The highest BCUT2D eigenvalue weighted by atomic mass is 16.2. The number of hydrazine groups is 1. The van der Waals surface area contributed by atoms with E-state index in [9.17, 15) is 14.4 Å². The van der Waals surface area contributed by atoms with Crippen molar-refractivity contribution in [2.45, 2.75) is 47.1 Å². The normalized spacial score (nSPS) is 10.9. The molecule has 0 unspecified atom stereocenters. The maximum atomic E-state index is 13.1. The lowest BCUT2D eigenvalue weighted by Gasteiger charge is -2.35. The van der Waals surface area contributed by atoms with Crippen LogP contribution in [0.15, 0.2) is 42.5 Å². The number of benzene rings is 2. The highest BCUT2D eigenvalue weighted by Gasteiger charge is 2.29. The van der Waals surface area contributed by atoms with E-state index < -0.39 is 11.4 Å². The first kappa shape index (κ1) is 21.2. The van der Waals surface area contributed by atoms with Crippen molar-refractivity contribution in [3.8, 4) is 0 Å². The van der Waals surface area contributed by atoms with E-state index in [0.29, 0.717) is 16.8 Å². The quantitative estimate of drug-likeness (QED) is 0.793. The largest absolute Gasteiger partial charge is 0.326 e. The number of nitrogens with zero attached hydrogens (tertiary/aromatic N) is 1. The Hall–Kier alpha value is -3.15. The molecular formula is C22H27N3O3. The number of amides is 3. The summed E-state index contributed by atoms with van der Waals surface area (Å²) >= 11 is 0. The third-order valence-corrected chi connectivity index (χ3v) is 4.02. The smallest absolute Gasteiger partial charge is 0.272 e. The van der Waals surface area contributed by atoms with Gasteiger partial charge >= 0.3 is 0 Å². The summed E-state index contributed by atoms with van der Waals surface area (Å²) in [5, 5.41) is 4.00. The van der Waals surface area contributed by atoms with Crippen molar-refractivity contribution >= 4 is 23.4 Å². The van der Waals surface area contributed by atoms with Crippen LogP contribution in [0.1, 0.15) is 59.5 Å². The molecule has 0 saturated heterocycles. The van der Waals surface area contributed by atoms with Gasteiger partial charge in [0.05, 0.1) is 5.54 Å². The van der Waals surface area contributed by atoms with Crippen LogP contribution in [0, 0.1) is 13.8 Å². The standard InChI is InChI=1S/C22H27N3O3/c1-14-11-15(2)13-18(12-14)21(28)25(22(4,5)6)24-20(27)17-7-9-19(10-8-17)23-16(3)26/h7-13H,1-6H3,(H,23,26)(H,24,27). The second kappa shape index (κ2) is 8.25. The summed E-state index contributed by atoms with van der Waals surface area (Å²) in [7, 11) is 0. The van der Waals surface area contributed by atoms with Gasteiger partial charge in [0.1, 0.15) is 0 Å². The maximum absolute atomic E-state index is 13.1. The molecule has 3 amide bonds. The summed E-state index contributed by atoms with van der Waals surface area (Å²) < 4.78 is 0. The number of aryl methyl sites for hydroxylation is 2. The van der Waals surface area contributed by atoms with E-state index in [4.69, 9.17) is 0 Å². The SMILES string of the molecule is CC(=O)Nc1ccc(C(=O)NN(C(=O)c2cc(C)cc(C)c2)C(C)(C)C)cc1. The molecule has 0 aliphatic heterocycles. The fourth-order valence-corrected chi connectivity index (χ4v) is 2.82. The molecule has 0 aromatic heterocycles. The monoisotopic (exact) mass is 381 g/mol. The molecular weight excluding hydrogens is 354 g/mol. The molecule has 6 nitrogen and oxygen atoms in total. The van der Waals surface area contributed by atoms with E-state index >= 15 is 0 Å². The van der Waals surface area contributed by atoms with Gasteiger partial charge in [-0.2, -0.15) is 0 Å². The van der Waals surface area contributed by atoms with Crippen LogP contribution < -0.4 is 10.7 Å². The minimum atomic E-state index is -0.624. The zero-order chi connectivity index (χ0) is 21.1. The number of anilines is 1. The van der Waals surface area contributed by atoms with E-state index in [1.54, 1.807) is 24.3 Å². The van der Waals surface area contributed by atoms with Crippen molar-refractivity contribution < 1.29 is 14.4 Å². The van der Waals surface area contributed by atoms with Crippen molar-refractivity contribution in [3.63, 3.8) is 0 Å². The fraction of sp³-hybridized carbons (Fsp3) is 0.318. The molecule has 0 aliphatic carbocycles. The Labute approximate surface area is 165 Å². The molecule has 0 fully saturated rings. The highest BCUT2D eigenvalue weighted by molar-refractivity contribution is 6.00. The fourth-order valence-electron chi connectivity index (χ4n) is 2.82. The van der Waals surface area contributed by atoms with E-state index in [1.807, 2.05) is 52.8 Å². The van der Waals surface area contributed by atoms with Gasteiger partial charge in [-0.05, 0) is 71.0 Å². The molecule has 0 aliphatic rings. The minimum absolute atomic E-state index is 0.185. The van der Waals surface area contributed by atoms with Crippen molar-refractivity contribution in [1.29, 1.82) is 0 Å². The Morgan fingerprint density at radius 2 is 1.39 bits per heavy atom. The average Bonchev–Trinajstić information content (AvgIpc) is 2.57. The second-order valence-corrected chi connectivity index (χ2v) is 7.89. The van der Waals surface area contributed by atoms with Crippen LogP contribution in [0.4, 0.5) is 5.69 Å². The van der Waals surface area contributed by atoms with E-state index in [0.717, 1.165) is 11.1 Å². The lowest BCUT2D eigenvalue weighted by Crippen LogP contribution is -2.55. The second-order valence-electron chi connectivity index (χ2n) is 7.89. The van der Waals surface area contributed by atoms with Crippen molar-refractivity contribution in [3.05, 3.63) is 64.7 Å². The van der Waals surface area contributed by atoms with Gasteiger partial charge in [-0.15, -0.1) is 0 Å². The van der Waals surface area contributed by atoms with Gasteiger partial charge in [0, 0.05) is 23.7 Å². The lowest BCUT2D eigenvalue weighted by atomic mass is 10.0. The summed E-state index contributed by atoms with van der Waals surface area (Å²) in [4.78, 5) is 36.9. The molecule has 0 heterocycles. The van der Waals surface area contributed by atoms with Crippen LogP contribution >= 0.6 is 0 Å². The summed E-state index contributed by atoms with van der Waals surface area (Å²) in [6.45, 7) is 10.8. The molecule has 2 N–H and O–H groups in total. The molecule has 0 saturated carbocycles. The Bertz CT molecular complexity index is 876. The predicted molar refractivity (Wildman–Crippen MR) is 110 cm³/mol. The van der Waals surface area contributed by atoms with E-state index in [2.05, 4.69) is 10.7 Å². The molecule has 0 atom stereocenters. The van der Waals surface area contributed by atoms with E-state index in [1.165, 1.54) is 11.9 Å². The topological polar surface area (TPSA) is 78.5 Å². The van der Waals surface area contributed by atoms with Crippen LogP contribution in [0.25, 0.3) is 0 Å². The Morgan fingerprint density at radius 1 is 0.857 bits per heavy atom. The number of carbonyl (C=O) groups is 3. The summed E-state index contributed by atoms with van der Waals surface area (Å²) in [6.07, 6.45) is 0. The average molecular weight is 381 g/mol. The molecule has 2 aromatic carbocycles. The Morgan fingerprint density at radius 3 is 1.86 bits per heavy atom. The van der Waals surface area contributed by atoms with Crippen LogP contribution in [0.2, 0.25) is 0 Å². The number of hydrogen-bond acceptors (Lipinski definition) is 3. The molecule has 0 radical (unpaired) electrons. The van der Waals surface area contributed by atoms with Gasteiger partial charge < -0.3 is 5.32 Å². The Balaban J connectivity index is 2.25. The minimum Gasteiger partial charge on any atom is -0.326 e. The first-order valence-electron chi connectivity index (χ1n) is 9.09. The van der Waals surface area contributed by atoms with E-state index in [-0.39, 0.29) is 11.8 Å². The van der Waals surface area contributed by atoms with Gasteiger partial charge in [0.2, 0.25) is 5.91 Å². The molecule has 0 spiro atoms. The number of rotatable bonds is 3. The van der Waals surface area contributed by atoms with Crippen LogP contribution in [-0.2, 0) is 4.79 Å².